The van der Waals surface area contributed by atoms with Crippen LogP contribution in [0.4, 0.5) is 0 Å². The average molecular weight is 180 g/mol. The molecule has 1 N–H and O–H groups in total. The van der Waals surface area contributed by atoms with Gasteiger partial charge in [0.25, 0.3) is 0 Å². The van der Waals surface area contributed by atoms with Crippen molar-refractivity contribution in [2.75, 3.05) is 0 Å². The molecule has 1 aliphatic rings. The van der Waals surface area contributed by atoms with Crippen molar-refractivity contribution in [3.05, 3.63) is 17.5 Å². The molecule has 1 aromatic heterocycles. The highest BCUT2D eigenvalue weighted by Crippen LogP contribution is 2.33. The Morgan fingerprint density at radius 1 is 1.69 bits per heavy atom. The third-order valence-electron chi connectivity index (χ3n) is 2.68. The lowest BCUT2D eigenvalue weighted by Crippen LogP contribution is -2.15. The Balaban J connectivity index is 2.03. The summed E-state index contributed by atoms with van der Waals surface area (Å²) in [7, 11) is 1.93. The summed E-state index contributed by atoms with van der Waals surface area (Å²) in [4.78, 5) is 0. The number of aliphatic hydroxyl groups excluding tert-OH is 1. The number of hydrogen-bond donors (Lipinski definition) is 1. The van der Waals surface area contributed by atoms with Gasteiger partial charge in [0.1, 0.15) is 0 Å². The van der Waals surface area contributed by atoms with Gasteiger partial charge in [-0.25, -0.2) is 0 Å². The minimum Gasteiger partial charge on any atom is -0.392 e. The number of hydrogen-bond acceptors (Lipinski definition) is 2. The van der Waals surface area contributed by atoms with E-state index < -0.39 is 0 Å². The van der Waals surface area contributed by atoms with Crippen LogP contribution in [0.5, 0.6) is 0 Å². The molecule has 2 rings (SSSR count). The zero-order chi connectivity index (χ0) is 9.42. The van der Waals surface area contributed by atoms with Gasteiger partial charge in [0.05, 0.1) is 11.8 Å². The molecule has 0 aromatic carbocycles. The fraction of sp³-hybridized carbons (Fsp3) is 0.700. The van der Waals surface area contributed by atoms with Gasteiger partial charge in [-0.05, 0) is 31.7 Å². The van der Waals surface area contributed by atoms with E-state index in [0.29, 0.717) is 5.92 Å². The first-order valence-electron chi connectivity index (χ1n) is 4.84. The Kier molecular flexibility index (Phi) is 2.12. The van der Waals surface area contributed by atoms with E-state index >= 15 is 0 Å². The molecule has 1 aromatic rings. The van der Waals surface area contributed by atoms with Crippen LogP contribution in [0.15, 0.2) is 6.07 Å². The quantitative estimate of drug-likeness (QED) is 0.754. The molecule has 13 heavy (non-hydrogen) atoms. The van der Waals surface area contributed by atoms with Gasteiger partial charge in [0.15, 0.2) is 0 Å². The van der Waals surface area contributed by atoms with E-state index in [1.807, 2.05) is 24.7 Å². The summed E-state index contributed by atoms with van der Waals surface area (Å²) in [5.41, 5.74) is 2.16. The van der Waals surface area contributed by atoms with Crippen LogP contribution < -0.4 is 0 Å². The molecule has 0 bridgehead atoms. The van der Waals surface area contributed by atoms with Crippen LogP contribution in [-0.4, -0.2) is 21.0 Å². The first-order valence-corrected chi connectivity index (χ1v) is 4.84. The van der Waals surface area contributed by atoms with E-state index in [1.54, 1.807) is 0 Å². The molecule has 3 nitrogen and oxygen atoms in total. The first-order chi connectivity index (χ1) is 6.16. The van der Waals surface area contributed by atoms with Crippen LogP contribution in [0.1, 0.15) is 24.2 Å². The molecule has 0 radical (unpaired) electrons. The molecule has 3 heteroatoms. The average Bonchev–Trinajstić information content (AvgIpc) is 2.81. The smallest absolute Gasteiger partial charge is 0.0623 e. The highest BCUT2D eigenvalue weighted by atomic mass is 16.3. The molecule has 1 atom stereocenters. The molecule has 1 aliphatic carbocycles. The zero-order valence-corrected chi connectivity index (χ0v) is 8.20. The van der Waals surface area contributed by atoms with Crippen LogP contribution >= 0.6 is 0 Å². The maximum Gasteiger partial charge on any atom is 0.0623 e. The molecule has 0 spiro atoms. The van der Waals surface area contributed by atoms with Crippen molar-refractivity contribution in [1.29, 1.82) is 0 Å². The highest BCUT2D eigenvalue weighted by molar-refractivity contribution is 5.10. The van der Waals surface area contributed by atoms with E-state index in [9.17, 15) is 5.11 Å². The predicted molar refractivity (Wildman–Crippen MR) is 50.4 cm³/mol. The van der Waals surface area contributed by atoms with Crippen LogP contribution in [0.2, 0.25) is 0 Å². The number of aryl methyl sites for hydroxylation is 2. The van der Waals surface area contributed by atoms with Gasteiger partial charge in [0.2, 0.25) is 0 Å². The van der Waals surface area contributed by atoms with Crippen LogP contribution in [0.25, 0.3) is 0 Å². The van der Waals surface area contributed by atoms with Crippen LogP contribution in [0.3, 0.4) is 0 Å². The van der Waals surface area contributed by atoms with Crippen molar-refractivity contribution in [3.8, 4) is 0 Å². The molecule has 1 heterocycles. The fourth-order valence-corrected chi connectivity index (χ4v) is 1.72. The van der Waals surface area contributed by atoms with Gasteiger partial charge in [-0.1, -0.05) is 0 Å². The van der Waals surface area contributed by atoms with Crippen molar-refractivity contribution >= 4 is 0 Å². The number of aromatic nitrogens is 2. The number of rotatable bonds is 3. The third kappa shape index (κ3) is 1.91. The molecule has 72 valence electrons. The lowest BCUT2D eigenvalue weighted by atomic mass is 10.1. The highest BCUT2D eigenvalue weighted by Gasteiger charge is 2.30. The molecular formula is C10H16N2O. The van der Waals surface area contributed by atoms with Gasteiger partial charge >= 0.3 is 0 Å². The summed E-state index contributed by atoms with van der Waals surface area (Å²) >= 11 is 0. The van der Waals surface area contributed by atoms with Gasteiger partial charge in [-0.3, -0.25) is 4.68 Å². The van der Waals surface area contributed by atoms with Crippen LogP contribution in [0, 0.1) is 12.8 Å². The van der Waals surface area contributed by atoms with Crippen LogP contribution in [-0.2, 0) is 13.5 Å². The maximum absolute atomic E-state index is 9.73. The normalized spacial score (nSPS) is 19.0. The lowest BCUT2D eigenvalue weighted by molar-refractivity contribution is 0.149. The fourth-order valence-electron chi connectivity index (χ4n) is 1.72. The summed E-state index contributed by atoms with van der Waals surface area (Å²) in [5.74, 6) is 0.551. The molecule has 1 fully saturated rings. The minimum atomic E-state index is -0.158. The summed E-state index contributed by atoms with van der Waals surface area (Å²) in [6.07, 6.45) is 2.98. The number of aliphatic hydroxyl groups is 1. The summed E-state index contributed by atoms with van der Waals surface area (Å²) in [6, 6.07) is 2.05. The lowest BCUT2D eigenvalue weighted by Gasteiger charge is -2.08. The standard InChI is InChI=1S/C10H16N2O/c1-7-5-9(12(2)11-7)6-10(13)8-3-4-8/h5,8,10,13H,3-4,6H2,1-2H3. The summed E-state index contributed by atoms with van der Waals surface area (Å²) in [6.45, 7) is 1.98. The topological polar surface area (TPSA) is 38.0 Å². The van der Waals surface area contributed by atoms with E-state index in [1.165, 1.54) is 12.8 Å². The number of nitrogens with zero attached hydrogens (tertiary/aromatic N) is 2. The Labute approximate surface area is 78.4 Å². The Bertz CT molecular complexity index is 302. The Morgan fingerprint density at radius 3 is 2.85 bits per heavy atom. The SMILES string of the molecule is Cc1cc(CC(O)C2CC2)n(C)n1. The van der Waals surface area contributed by atoms with Crippen molar-refractivity contribution in [1.82, 2.24) is 9.78 Å². The molecule has 0 saturated heterocycles. The van der Waals surface area contributed by atoms with E-state index in [4.69, 9.17) is 0 Å². The second kappa shape index (κ2) is 3.14. The van der Waals surface area contributed by atoms with Gasteiger partial charge in [-0.2, -0.15) is 5.10 Å². The Morgan fingerprint density at radius 2 is 2.38 bits per heavy atom. The predicted octanol–water partition coefficient (Wildman–Crippen LogP) is 1.04. The minimum absolute atomic E-state index is 0.158. The first kappa shape index (κ1) is 8.75. The van der Waals surface area contributed by atoms with Crippen molar-refractivity contribution < 1.29 is 5.11 Å². The van der Waals surface area contributed by atoms with Crippen molar-refractivity contribution in [2.45, 2.75) is 32.3 Å². The molecule has 0 aliphatic heterocycles. The van der Waals surface area contributed by atoms with E-state index in [2.05, 4.69) is 5.10 Å². The van der Waals surface area contributed by atoms with Crippen molar-refractivity contribution in [3.63, 3.8) is 0 Å². The third-order valence-corrected chi connectivity index (χ3v) is 2.68. The molecule has 1 saturated carbocycles. The van der Waals surface area contributed by atoms with Gasteiger partial charge in [-0.15, -0.1) is 0 Å². The molecule has 1 unspecified atom stereocenters. The van der Waals surface area contributed by atoms with E-state index in [0.717, 1.165) is 17.8 Å². The second-order valence-electron chi connectivity index (χ2n) is 4.01. The zero-order valence-electron chi connectivity index (χ0n) is 8.20. The van der Waals surface area contributed by atoms with Gasteiger partial charge in [0, 0.05) is 19.2 Å². The maximum atomic E-state index is 9.73. The molecular weight excluding hydrogens is 164 g/mol. The molecule has 0 amide bonds. The summed E-state index contributed by atoms with van der Waals surface area (Å²) in [5, 5.41) is 14.0. The Hall–Kier alpha value is -0.830. The largest absolute Gasteiger partial charge is 0.392 e. The van der Waals surface area contributed by atoms with E-state index in [-0.39, 0.29) is 6.10 Å². The summed E-state index contributed by atoms with van der Waals surface area (Å²) < 4.78 is 1.86. The van der Waals surface area contributed by atoms with Gasteiger partial charge < -0.3 is 5.11 Å². The monoisotopic (exact) mass is 180 g/mol. The second-order valence-corrected chi connectivity index (χ2v) is 4.01. The van der Waals surface area contributed by atoms with Crippen molar-refractivity contribution in [2.24, 2.45) is 13.0 Å².